The van der Waals surface area contributed by atoms with Gasteiger partial charge in [-0.15, -0.1) is 11.3 Å². The Morgan fingerprint density at radius 1 is 0.842 bits per heavy atom. The third-order valence-corrected chi connectivity index (χ3v) is 6.94. The number of nitrogens with zero attached hydrogens (tertiary/aromatic N) is 3. The highest BCUT2D eigenvalue weighted by molar-refractivity contribution is 7.07. The van der Waals surface area contributed by atoms with Crippen LogP contribution < -0.4 is 14.3 Å². The second-order valence-corrected chi connectivity index (χ2v) is 9.99. The van der Waals surface area contributed by atoms with Crippen molar-refractivity contribution in [2.45, 2.75) is 13.8 Å². The van der Waals surface area contributed by atoms with Crippen LogP contribution in [0.1, 0.15) is 16.7 Å². The second kappa shape index (κ2) is 11.5. The lowest BCUT2D eigenvalue weighted by Gasteiger charge is -2.07. The molecule has 0 N–H and O–H groups in total. The Morgan fingerprint density at radius 3 is 2.34 bits per heavy atom. The van der Waals surface area contributed by atoms with E-state index in [1.807, 2.05) is 77.6 Å². The van der Waals surface area contributed by atoms with Crippen LogP contribution in [0.25, 0.3) is 11.3 Å². The first-order valence-corrected chi connectivity index (χ1v) is 13.3. The molecule has 0 spiro atoms. The van der Waals surface area contributed by atoms with Gasteiger partial charge < -0.3 is 9.47 Å². The molecule has 1 heterocycles. The number of ether oxygens (including phenoxy) is 2. The Bertz CT molecular complexity index is 1650. The van der Waals surface area contributed by atoms with Crippen LogP contribution in [0.2, 0.25) is 5.02 Å². The van der Waals surface area contributed by atoms with E-state index in [0.717, 1.165) is 38.6 Å². The van der Waals surface area contributed by atoms with E-state index in [0.29, 0.717) is 16.5 Å². The largest absolute Gasteiger partial charge is 0.497 e. The predicted molar refractivity (Wildman–Crippen MR) is 156 cm³/mol. The first kappa shape index (κ1) is 25.5. The third kappa shape index (κ3) is 6.05. The molecule has 38 heavy (non-hydrogen) atoms. The minimum absolute atomic E-state index is 0.667. The molecule has 5 nitrogen and oxygen atoms in total. The van der Waals surface area contributed by atoms with Crippen molar-refractivity contribution in [2.75, 3.05) is 7.11 Å². The van der Waals surface area contributed by atoms with E-state index in [1.165, 1.54) is 5.56 Å². The molecule has 1 aromatic heterocycles. The molecule has 0 saturated carbocycles. The molecule has 0 aliphatic rings. The Kier molecular flexibility index (Phi) is 7.73. The Morgan fingerprint density at radius 2 is 1.61 bits per heavy atom. The lowest BCUT2D eigenvalue weighted by molar-refractivity contribution is 0.415. The van der Waals surface area contributed by atoms with E-state index in [4.69, 9.17) is 31.2 Å². The molecule has 4 aromatic carbocycles. The van der Waals surface area contributed by atoms with Crippen LogP contribution in [0, 0.1) is 13.8 Å². The summed E-state index contributed by atoms with van der Waals surface area (Å²) < 4.78 is 13.2. The Labute approximate surface area is 230 Å². The second-order valence-electron chi connectivity index (χ2n) is 8.72. The quantitative estimate of drug-likeness (QED) is 0.195. The highest BCUT2D eigenvalue weighted by atomic mass is 35.5. The van der Waals surface area contributed by atoms with Gasteiger partial charge in [0.2, 0.25) is 4.80 Å². The molecule has 0 saturated heterocycles. The van der Waals surface area contributed by atoms with Crippen molar-refractivity contribution in [1.29, 1.82) is 0 Å². The van der Waals surface area contributed by atoms with Crippen molar-refractivity contribution in [3.8, 4) is 28.5 Å². The minimum Gasteiger partial charge on any atom is -0.497 e. The summed E-state index contributed by atoms with van der Waals surface area (Å²) in [5, 5.41) is 7.60. The van der Waals surface area contributed by atoms with Gasteiger partial charge >= 0.3 is 0 Å². The Balaban J connectivity index is 1.53. The van der Waals surface area contributed by atoms with Crippen molar-refractivity contribution < 1.29 is 9.47 Å². The molecular weight excluding hydrogens is 514 g/mol. The third-order valence-electron chi connectivity index (χ3n) is 5.87. The fourth-order valence-corrected chi connectivity index (χ4v) is 4.88. The Hall–Kier alpha value is -4.13. The molecule has 0 aliphatic carbocycles. The van der Waals surface area contributed by atoms with E-state index in [2.05, 4.69) is 31.4 Å². The number of halogens is 1. The molecule has 0 bridgehead atoms. The maximum atomic E-state index is 6.00. The van der Waals surface area contributed by atoms with E-state index < -0.39 is 0 Å². The molecule has 7 heteroatoms. The number of thiazole rings is 1. The summed E-state index contributed by atoms with van der Waals surface area (Å²) >= 11 is 7.54. The summed E-state index contributed by atoms with van der Waals surface area (Å²) in [4.78, 5) is 5.73. The first-order valence-electron chi connectivity index (χ1n) is 12.0. The van der Waals surface area contributed by atoms with Crippen molar-refractivity contribution >= 4 is 34.8 Å². The van der Waals surface area contributed by atoms with Crippen LogP contribution in [0.15, 0.2) is 106 Å². The summed E-state index contributed by atoms with van der Waals surface area (Å²) in [7, 11) is 1.66. The number of hydrogen-bond acceptors (Lipinski definition) is 5. The lowest BCUT2D eigenvalue weighted by Crippen LogP contribution is -2.11. The van der Waals surface area contributed by atoms with Crippen molar-refractivity contribution in [3.63, 3.8) is 0 Å². The van der Waals surface area contributed by atoms with Gasteiger partial charge in [0.25, 0.3) is 0 Å². The summed E-state index contributed by atoms with van der Waals surface area (Å²) in [5.41, 5.74) is 6.09. The van der Waals surface area contributed by atoms with Crippen molar-refractivity contribution in [3.05, 3.63) is 123 Å². The molecule has 0 fully saturated rings. The number of hydrogen-bond donors (Lipinski definition) is 0. The molecule has 0 aliphatic heterocycles. The molecule has 0 amide bonds. The average molecular weight is 540 g/mol. The average Bonchev–Trinajstić information content (AvgIpc) is 3.33. The maximum Gasteiger partial charge on any atom is 0.211 e. The van der Waals surface area contributed by atoms with Gasteiger partial charge in [-0.1, -0.05) is 41.4 Å². The predicted octanol–water partition coefficient (Wildman–Crippen LogP) is 8.40. The SMILES string of the molecule is COc1ccc(-c2csc(=Nc3ccc(C)cc3C)n2/N=C/c2cccc(Oc3ccc(Cl)cc3)c2)cc1. The smallest absolute Gasteiger partial charge is 0.211 e. The van der Waals surface area contributed by atoms with Gasteiger partial charge in [-0.2, -0.15) is 5.10 Å². The zero-order chi connectivity index (χ0) is 26.5. The monoisotopic (exact) mass is 539 g/mol. The van der Waals surface area contributed by atoms with Crippen LogP contribution in [0.4, 0.5) is 5.69 Å². The summed E-state index contributed by atoms with van der Waals surface area (Å²) in [6.07, 6.45) is 1.81. The molecule has 5 aromatic rings. The highest BCUT2D eigenvalue weighted by Crippen LogP contribution is 2.26. The van der Waals surface area contributed by atoms with Crippen LogP contribution in [0.5, 0.6) is 17.2 Å². The molecule has 5 rings (SSSR count). The molecular formula is C31H26ClN3O2S. The van der Waals surface area contributed by atoms with Crippen LogP contribution in [-0.2, 0) is 0 Å². The van der Waals surface area contributed by atoms with Gasteiger partial charge in [0.15, 0.2) is 0 Å². The first-order chi connectivity index (χ1) is 18.5. The normalized spacial score (nSPS) is 11.7. The number of benzene rings is 4. The number of rotatable bonds is 7. The summed E-state index contributed by atoms with van der Waals surface area (Å²) in [6, 6.07) is 29.2. The highest BCUT2D eigenvalue weighted by Gasteiger charge is 2.09. The van der Waals surface area contributed by atoms with Crippen molar-refractivity contribution in [1.82, 2.24) is 4.68 Å². The molecule has 190 valence electrons. The standard InChI is InChI=1S/C31H26ClN3O2S/c1-21-7-16-29(22(2)17-21)34-31-35(30(20-38-31)24-8-12-26(36-3)13-9-24)33-19-23-5-4-6-28(18-23)37-27-14-10-25(32)11-15-27/h4-20H,1-3H3/b33-19+,34-31?. The topological polar surface area (TPSA) is 48.1 Å². The number of methoxy groups -OCH3 is 1. The lowest BCUT2D eigenvalue weighted by atomic mass is 10.1. The zero-order valence-corrected chi connectivity index (χ0v) is 22.8. The van der Waals surface area contributed by atoms with E-state index in [-0.39, 0.29) is 0 Å². The van der Waals surface area contributed by atoms with Gasteiger partial charge in [-0.05, 0) is 91.7 Å². The van der Waals surface area contributed by atoms with E-state index in [1.54, 1.807) is 30.6 Å². The minimum atomic E-state index is 0.667. The van der Waals surface area contributed by atoms with E-state index >= 15 is 0 Å². The fraction of sp³-hybridized carbons (Fsp3) is 0.0968. The zero-order valence-electron chi connectivity index (χ0n) is 21.3. The van der Waals surface area contributed by atoms with Gasteiger partial charge in [0.05, 0.1) is 24.7 Å². The number of aryl methyl sites for hydroxylation is 2. The van der Waals surface area contributed by atoms with E-state index in [9.17, 15) is 0 Å². The van der Waals surface area contributed by atoms with Crippen molar-refractivity contribution in [2.24, 2.45) is 10.1 Å². The molecule has 0 unspecified atom stereocenters. The maximum absolute atomic E-state index is 6.00. The van der Waals surface area contributed by atoms with Crippen LogP contribution in [0.3, 0.4) is 0 Å². The van der Waals surface area contributed by atoms with Gasteiger partial charge in [0, 0.05) is 16.0 Å². The summed E-state index contributed by atoms with van der Waals surface area (Å²) in [6.45, 7) is 4.16. The fourth-order valence-electron chi connectivity index (χ4n) is 3.90. The van der Waals surface area contributed by atoms with Crippen LogP contribution >= 0.6 is 22.9 Å². The van der Waals surface area contributed by atoms with Crippen LogP contribution in [-0.4, -0.2) is 18.0 Å². The molecule has 0 radical (unpaired) electrons. The van der Waals surface area contributed by atoms with Gasteiger partial charge in [-0.3, -0.25) is 0 Å². The van der Waals surface area contributed by atoms with Gasteiger partial charge in [-0.25, -0.2) is 9.67 Å². The van der Waals surface area contributed by atoms with Gasteiger partial charge in [0.1, 0.15) is 17.2 Å². The summed E-state index contributed by atoms with van der Waals surface area (Å²) in [5.74, 6) is 2.23. The number of aromatic nitrogens is 1. The molecule has 0 atom stereocenters.